The van der Waals surface area contributed by atoms with E-state index < -0.39 is 0 Å². The van der Waals surface area contributed by atoms with E-state index in [1.165, 1.54) is 69.8 Å². The second-order valence-electron chi connectivity index (χ2n) is 9.15. The first kappa shape index (κ1) is 18.8. The van der Waals surface area contributed by atoms with E-state index >= 15 is 0 Å². The van der Waals surface area contributed by atoms with Gasteiger partial charge in [0.25, 0.3) is 0 Å². The lowest BCUT2D eigenvalue weighted by Crippen LogP contribution is -2.35. The molecule has 0 amide bonds. The third kappa shape index (κ3) is 4.30. The fourth-order valence-corrected chi connectivity index (χ4v) is 6.48. The van der Waals surface area contributed by atoms with Gasteiger partial charge in [-0.2, -0.15) is 0 Å². The van der Waals surface area contributed by atoms with Crippen LogP contribution in [0.25, 0.3) is 0 Å². The Bertz CT molecular complexity index is 560. The van der Waals surface area contributed by atoms with Crippen molar-refractivity contribution in [1.29, 1.82) is 0 Å². The Kier molecular flexibility index (Phi) is 6.26. The lowest BCUT2D eigenvalue weighted by molar-refractivity contribution is 0.00583. The van der Waals surface area contributed by atoms with E-state index in [9.17, 15) is 0 Å². The van der Waals surface area contributed by atoms with Gasteiger partial charge in [0, 0.05) is 11.6 Å². The number of ether oxygens (including phenoxy) is 1. The molecular formula is C24H35ClO. The molecule has 3 saturated carbocycles. The van der Waals surface area contributed by atoms with E-state index in [0.717, 1.165) is 41.2 Å². The van der Waals surface area contributed by atoms with Crippen molar-refractivity contribution in [3.8, 4) is 0 Å². The Labute approximate surface area is 164 Å². The molecule has 0 aliphatic heterocycles. The first-order valence-corrected chi connectivity index (χ1v) is 11.5. The van der Waals surface area contributed by atoms with Crippen LogP contribution in [0.5, 0.6) is 0 Å². The van der Waals surface area contributed by atoms with Crippen LogP contribution < -0.4 is 0 Å². The standard InChI is InChI=1S/C24H35ClO/c1-2-26-24-13-9-18(10-14-24)20-4-6-21-15-19(3-5-22(21)16-20)17-7-11-23(25)12-8-17/h7-8,11-12,18-22,24H,2-6,9-10,13-16H2,1H3. The van der Waals surface area contributed by atoms with Gasteiger partial charge in [0.15, 0.2) is 0 Å². The molecule has 1 aromatic carbocycles. The Morgan fingerprint density at radius 1 is 0.769 bits per heavy atom. The fraction of sp³-hybridized carbons (Fsp3) is 0.750. The number of halogens is 1. The zero-order valence-corrected chi connectivity index (χ0v) is 17.1. The zero-order chi connectivity index (χ0) is 17.9. The Hall–Kier alpha value is -0.530. The first-order chi connectivity index (χ1) is 12.7. The minimum Gasteiger partial charge on any atom is -0.379 e. The minimum absolute atomic E-state index is 0.558. The molecule has 2 heteroatoms. The minimum atomic E-state index is 0.558. The van der Waals surface area contributed by atoms with E-state index in [4.69, 9.17) is 16.3 Å². The van der Waals surface area contributed by atoms with Gasteiger partial charge in [0.05, 0.1) is 6.10 Å². The van der Waals surface area contributed by atoms with Crippen LogP contribution in [0.2, 0.25) is 5.02 Å². The molecule has 0 bridgehead atoms. The molecule has 0 aromatic heterocycles. The molecule has 26 heavy (non-hydrogen) atoms. The van der Waals surface area contributed by atoms with Gasteiger partial charge in [-0.3, -0.25) is 0 Å². The molecule has 4 atom stereocenters. The van der Waals surface area contributed by atoms with Crippen molar-refractivity contribution in [3.63, 3.8) is 0 Å². The van der Waals surface area contributed by atoms with Crippen molar-refractivity contribution in [2.45, 2.75) is 83.2 Å². The summed E-state index contributed by atoms with van der Waals surface area (Å²) in [5, 5.41) is 0.863. The molecule has 0 spiro atoms. The van der Waals surface area contributed by atoms with Crippen LogP contribution in [0.3, 0.4) is 0 Å². The fourth-order valence-electron chi connectivity index (χ4n) is 6.35. The zero-order valence-electron chi connectivity index (χ0n) is 16.3. The quantitative estimate of drug-likeness (QED) is 0.539. The predicted molar refractivity (Wildman–Crippen MR) is 110 cm³/mol. The SMILES string of the molecule is CCOC1CCC(C2CCC3CC(c4ccc(Cl)cc4)CCC3C2)CC1. The molecule has 144 valence electrons. The van der Waals surface area contributed by atoms with Crippen LogP contribution in [0.1, 0.15) is 82.6 Å². The molecule has 4 unspecified atom stereocenters. The van der Waals surface area contributed by atoms with Gasteiger partial charge in [-0.05, 0) is 118 Å². The molecule has 1 aromatic rings. The predicted octanol–water partition coefficient (Wildman–Crippen LogP) is 7.24. The number of hydrogen-bond donors (Lipinski definition) is 0. The van der Waals surface area contributed by atoms with Gasteiger partial charge in [0.2, 0.25) is 0 Å². The number of benzene rings is 1. The Morgan fingerprint density at radius 3 is 2.04 bits per heavy atom. The monoisotopic (exact) mass is 374 g/mol. The summed E-state index contributed by atoms with van der Waals surface area (Å²) < 4.78 is 5.86. The van der Waals surface area contributed by atoms with Crippen LogP contribution >= 0.6 is 11.6 Å². The average molecular weight is 375 g/mol. The molecule has 4 rings (SSSR count). The summed E-state index contributed by atoms with van der Waals surface area (Å²) >= 11 is 6.07. The van der Waals surface area contributed by atoms with Gasteiger partial charge in [-0.1, -0.05) is 23.7 Å². The first-order valence-electron chi connectivity index (χ1n) is 11.1. The summed E-state index contributed by atoms with van der Waals surface area (Å²) in [5.74, 6) is 4.74. The Balaban J connectivity index is 1.29. The maximum atomic E-state index is 6.07. The van der Waals surface area contributed by atoms with Crippen LogP contribution in [-0.2, 0) is 4.74 Å². The lowest BCUT2D eigenvalue weighted by atomic mass is 9.60. The molecule has 0 radical (unpaired) electrons. The molecule has 0 saturated heterocycles. The molecule has 3 fully saturated rings. The number of rotatable bonds is 4. The highest BCUT2D eigenvalue weighted by Crippen LogP contribution is 2.50. The lowest BCUT2D eigenvalue weighted by Gasteiger charge is -2.45. The van der Waals surface area contributed by atoms with Crippen molar-refractivity contribution in [2.75, 3.05) is 6.61 Å². The highest BCUT2D eigenvalue weighted by atomic mass is 35.5. The second kappa shape index (κ2) is 8.65. The Morgan fingerprint density at radius 2 is 1.35 bits per heavy atom. The van der Waals surface area contributed by atoms with Gasteiger partial charge >= 0.3 is 0 Å². The van der Waals surface area contributed by atoms with E-state index in [1.807, 2.05) is 0 Å². The van der Waals surface area contributed by atoms with Crippen LogP contribution in [0.15, 0.2) is 24.3 Å². The molecule has 0 heterocycles. The summed E-state index contributed by atoms with van der Waals surface area (Å²) in [6.45, 7) is 3.02. The molecule has 1 nitrogen and oxygen atoms in total. The largest absolute Gasteiger partial charge is 0.379 e. The topological polar surface area (TPSA) is 9.23 Å². The van der Waals surface area contributed by atoms with Crippen molar-refractivity contribution < 1.29 is 4.74 Å². The van der Waals surface area contributed by atoms with Crippen LogP contribution in [0, 0.1) is 23.7 Å². The second-order valence-corrected chi connectivity index (χ2v) is 9.58. The van der Waals surface area contributed by atoms with Gasteiger partial charge in [0.1, 0.15) is 0 Å². The van der Waals surface area contributed by atoms with E-state index in [1.54, 1.807) is 0 Å². The van der Waals surface area contributed by atoms with Gasteiger partial charge < -0.3 is 4.74 Å². The molecule has 0 N–H and O–H groups in total. The van der Waals surface area contributed by atoms with Crippen LogP contribution in [0.4, 0.5) is 0 Å². The average Bonchev–Trinajstić information content (AvgIpc) is 2.69. The molecule has 3 aliphatic carbocycles. The summed E-state index contributed by atoms with van der Waals surface area (Å²) in [4.78, 5) is 0. The number of hydrogen-bond acceptors (Lipinski definition) is 1. The molecular weight excluding hydrogens is 340 g/mol. The van der Waals surface area contributed by atoms with E-state index in [-0.39, 0.29) is 0 Å². The number of fused-ring (bicyclic) bond motifs is 1. The molecule has 3 aliphatic rings. The van der Waals surface area contributed by atoms with Crippen molar-refractivity contribution in [2.24, 2.45) is 23.7 Å². The smallest absolute Gasteiger partial charge is 0.0575 e. The normalized spacial score (nSPS) is 37.9. The van der Waals surface area contributed by atoms with Crippen LogP contribution in [-0.4, -0.2) is 12.7 Å². The summed E-state index contributed by atoms with van der Waals surface area (Å²) in [5.41, 5.74) is 1.52. The highest BCUT2D eigenvalue weighted by molar-refractivity contribution is 6.30. The summed E-state index contributed by atoms with van der Waals surface area (Å²) in [6, 6.07) is 8.66. The summed E-state index contributed by atoms with van der Waals surface area (Å²) in [7, 11) is 0. The van der Waals surface area contributed by atoms with E-state index in [2.05, 4.69) is 31.2 Å². The highest BCUT2D eigenvalue weighted by Gasteiger charge is 2.39. The van der Waals surface area contributed by atoms with E-state index in [0.29, 0.717) is 6.10 Å². The van der Waals surface area contributed by atoms with Gasteiger partial charge in [-0.15, -0.1) is 0 Å². The maximum Gasteiger partial charge on any atom is 0.0575 e. The maximum absolute atomic E-state index is 6.07. The van der Waals surface area contributed by atoms with Gasteiger partial charge in [-0.25, -0.2) is 0 Å². The third-order valence-corrected chi connectivity index (χ3v) is 8.03. The summed E-state index contributed by atoms with van der Waals surface area (Å²) in [6.07, 6.45) is 14.7. The van der Waals surface area contributed by atoms with Crippen molar-refractivity contribution in [3.05, 3.63) is 34.9 Å². The van der Waals surface area contributed by atoms with Crippen molar-refractivity contribution in [1.82, 2.24) is 0 Å². The van der Waals surface area contributed by atoms with Crippen molar-refractivity contribution >= 4 is 11.6 Å². The third-order valence-electron chi connectivity index (χ3n) is 7.78.